The monoisotopic (exact) mass is 1130 g/mol. The third-order valence-electron chi connectivity index (χ3n) is 13.5. The Bertz CT molecular complexity index is 3570. The molecule has 0 saturated carbocycles. The number of carbonyl (C=O) groups excluding carboxylic acids is 3. The van der Waals surface area contributed by atoms with Gasteiger partial charge in [-0.3, -0.25) is 14.4 Å². The molecular formula is C54H48F9N15O3. The number of aromatic amines is 3. The van der Waals surface area contributed by atoms with Gasteiger partial charge in [0.1, 0.15) is 53.6 Å². The van der Waals surface area contributed by atoms with Gasteiger partial charge in [-0.25, -0.2) is 29.9 Å². The van der Waals surface area contributed by atoms with E-state index in [1.165, 1.54) is 0 Å². The van der Waals surface area contributed by atoms with Gasteiger partial charge < -0.3 is 46.9 Å². The van der Waals surface area contributed by atoms with E-state index in [2.05, 4.69) is 76.8 Å². The molecule has 3 amide bonds. The topological polar surface area (TPSA) is 248 Å². The van der Waals surface area contributed by atoms with E-state index in [0.717, 1.165) is 17.1 Å². The van der Waals surface area contributed by atoms with Crippen molar-refractivity contribution in [1.82, 2.24) is 60.8 Å². The highest BCUT2D eigenvalue weighted by molar-refractivity contribution is 6.03. The van der Waals surface area contributed by atoms with Crippen LogP contribution < -0.4 is 31.9 Å². The number of hydrogen-bond acceptors (Lipinski definition) is 12. The van der Waals surface area contributed by atoms with Crippen LogP contribution in [0.3, 0.4) is 0 Å². The Kier molecular flexibility index (Phi) is 14.1. The Hall–Kier alpha value is -9.30. The quantitative estimate of drug-likeness (QED) is 0.0613. The third-order valence-corrected chi connectivity index (χ3v) is 13.5. The van der Waals surface area contributed by atoms with Gasteiger partial charge in [-0.1, -0.05) is 36.4 Å². The third kappa shape index (κ3) is 11.5. The van der Waals surface area contributed by atoms with Gasteiger partial charge >= 0.3 is 18.5 Å². The van der Waals surface area contributed by atoms with Gasteiger partial charge in [0.05, 0.1) is 85.5 Å². The summed E-state index contributed by atoms with van der Waals surface area (Å²) in [6.07, 6.45) is -13.1. The molecule has 9 N–H and O–H groups in total. The summed E-state index contributed by atoms with van der Waals surface area (Å²) < 4.78 is 113. The molecule has 27 heteroatoms. The molecule has 420 valence electrons. The lowest BCUT2D eigenvalue weighted by Gasteiger charge is -2.13. The predicted molar refractivity (Wildman–Crippen MR) is 283 cm³/mol. The minimum absolute atomic E-state index is 0.0810. The zero-order valence-electron chi connectivity index (χ0n) is 43.6. The van der Waals surface area contributed by atoms with E-state index < -0.39 is 38.2 Å². The van der Waals surface area contributed by atoms with E-state index in [1.807, 2.05) is 20.8 Å². The minimum Gasteiger partial charge on any atom is -0.360 e. The number of aromatic nitrogens is 9. The lowest BCUT2D eigenvalue weighted by molar-refractivity contribution is -0.116. The number of aryl methyl sites for hydroxylation is 3. The maximum atomic E-state index is 12.5. The number of rotatable bonds is 9. The average Bonchev–Trinajstić information content (AvgIpc) is 4.17. The lowest BCUT2D eigenvalue weighted by Crippen LogP contribution is -2.22. The predicted octanol–water partition coefficient (Wildman–Crippen LogP) is 11.1. The second-order valence-electron chi connectivity index (χ2n) is 19.5. The Balaban J connectivity index is 0.000000136. The number of carbonyl (C=O) groups is 3. The van der Waals surface area contributed by atoms with Crippen LogP contribution in [0.25, 0.3) is 66.9 Å². The number of halogens is 9. The number of para-hydroxylation sites is 3. The van der Waals surface area contributed by atoms with E-state index in [9.17, 15) is 53.9 Å². The van der Waals surface area contributed by atoms with Gasteiger partial charge in [0.2, 0.25) is 0 Å². The molecule has 0 fully saturated rings. The Morgan fingerprint density at radius 1 is 0.407 bits per heavy atom. The van der Waals surface area contributed by atoms with Crippen molar-refractivity contribution in [3.05, 3.63) is 124 Å². The average molecular weight is 1130 g/mol. The largest absolute Gasteiger partial charge is 0.405 e. The number of alkyl halides is 9. The summed E-state index contributed by atoms with van der Waals surface area (Å²) in [4.78, 5) is 71.9. The van der Waals surface area contributed by atoms with Gasteiger partial charge in [0, 0.05) is 33.8 Å². The van der Waals surface area contributed by atoms with Gasteiger partial charge in [0.15, 0.2) is 0 Å². The Morgan fingerprint density at radius 3 is 0.901 bits per heavy atom. The van der Waals surface area contributed by atoms with Crippen LogP contribution in [0.5, 0.6) is 0 Å². The summed E-state index contributed by atoms with van der Waals surface area (Å²) in [5, 5.41) is 15.3. The molecule has 1 unspecified atom stereocenters. The van der Waals surface area contributed by atoms with Crippen LogP contribution in [0, 0.1) is 20.8 Å². The fourth-order valence-electron chi connectivity index (χ4n) is 9.68. The first-order valence-corrected chi connectivity index (χ1v) is 25.0. The minimum atomic E-state index is -4.35. The zero-order chi connectivity index (χ0) is 58.0. The molecule has 18 nitrogen and oxygen atoms in total. The fourth-order valence-corrected chi connectivity index (χ4v) is 9.68. The molecule has 3 aromatic carbocycles. The van der Waals surface area contributed by atoms with E-state index in [0.29, 0.717) is 101 Å². The van der Waals surface area contributed by atoms with Crippen molar-refractivity contribution >= 4 is 68.3 Å². The lowest BCUT2D eigenvalue weighted by atomic mass is 10.1. The van der Waals surface area contributed by atoms with Crippen molar-refractivity contribution in [3.63, 3.8) is 0 Å². The molecule has 3 aliphatic heterocycles. The summed E-state index contributed by atoms with van der Waals surface area (Å²) in [7, 11) is 0. The summed E-state index contributed by atoms with van der Waals surface area (Å²) in [5.41, 5.74) is 12.3. The number of benzene rings is 3. The van der Waals surface area contributed by atoms with Crippen LogP contribution in [0.1, 0.15) is 104 Å². The smallest absolute Gasteiger partial charge is 0.360 e. The van der Waals surface area contributed by atoms with Gasteiger partial charge in [-0.05, 0) is 77.9 Å². The summed E-state index contributed by atoms with van der Waals surface area (Å²) in [5.74, 6) is -0.230. The van der Waals surface area contributed by atoms with Crippen LogP contribution in [-0.4, -0.2) is 101 Å². The Morgan fingerprint density at radius 2 is 0.667 bits per heavy atom. The first-order chi connectivity index (χ1) is 38.2. The van der Waals surface area contributed by atoms with E-state index in [4.69, 9.17) is 0 Å². The molecule has 0 radical (unpaired) electrons. The molecule has 9 aromatic rings. The van der Waals surface area contributed by atoms with Crippen molar-refractivity contribution in [1.29, 1.82) is 0 Å². The molecule has 81 heavy (non-hydrogen) atoms. The molecule has 3 aliphatic rings. The number of anilines is 3. The maximum Gasteiger partial charge on any atom is 0.405 e. The molecule has 3 atom stereocenters. The standard InChI is InChI=1S/3C18H16F3N5O/c3*1-8-14-11(17(27)24-8)6-13(25-14)10-4-3-5-12-15(10)26-16(9(2)23-12)22-7-18(19,20)21/h3*3-6,8,25H,7H2,1-2H3,(H,22,26)(H,24,27)/t2*8-;/m10./s1. The van der Waals surface area contributed by atoms with Crippen molar-refractivity contribution in [2.24, 2.45) is 0 Å². The molecule has 0 bridgehead atoms. The van der Waals surface area contributed by atoms with Gasteiger partial charge in [-0.2, -0.15) is 39.5 Å². The number of nitrogens with zero attached hydrogens (tertiary/aromatic N) is 6. The van der Waals surface area contributed by atoms with Crippen LogP contribution >= 0.6 is 0 Å². The molecule has 12 rings (SSSR count). The first-order valence-electron chi connectivity index (χ1n) is 25.0. The van der Waals surface area contributed by atoms with E-state index in [-0.39, 0.29) is 53.3 Å². The first kappa shape index (κ1) is 55.0. The van der Waals surface area contributed by atoms with Gasteiger partial charge in [-0.15, -0.1) is 0 Å². The fraction of sp³-hybridized carbons (Fsp3) is 0.278. The van der Waals surface area contributed by atoms with Crippen LogP contribution in [0.15, 0.2) is 72.8 Å². The molecule has 9 heterocycles. The normalized spacial score (nSPS) is 16.5. The highest BCUT2D eigenvalue weighted by Crippen LogP contribution is 2.37. The summed E-state index contributed by atoms with van der Waals surface area (Å²) in [6.45, 7) is 6.85. The SMILES string of the molecule is Cc1nc2cccc(-c3cc4c([nH]3)C(C)NC4=O)c2nc1NCC(F)(F)F.Cc1nc2cccc(-c3cc4c([nH]3)[C@@H](C)NC4=O)c2nc1NCC(F)(F)F.Cc1nc2cccc(-c3cc4c([nH]3)[C@H](C)NC4=O)c2nc1NCC(F)(F)F. The number of amides is 3. The van der Waals surface area contributed by atoms with Crippen LogP contribution in [0.2, 0.25) is 0 Å². The summed E-state index contributed by atoms with van der Waals surface area (Å²) in [6, 6.07) is 20.8. The molecule has 0 spiro atoms. The molecule has 6 aromatic heterocycles. The second-order valence-corrected chi connectivity index (χ2v) is 19.5. The second kappa shape index (κ2) is 20.7. The van der Waals surface area contributed by atoms with Crippen molar-refractivity contribution in [2.45, 2.75) is 78.2 Å². The number of fused-ring (bicyclic) bond motifs is 6. The molecule has 0 aliphatic carbocycles. The van der Waals surface area contributed by atoms with E-state index >= 15 is 0 Å². The number of hydrogen-bond donors (Lipinski definition) is 9. The van der Waals surface area contributed by atoms with Crippen LogP contribution in [0.4, 0.5) is 57.0 Å². The summed E-state index contributed by atoms with van der Waals surface area (Å²) >= 11 is 0. The van der Waals surface area contributed by atoms with Crippen LogP contribution in [-0.2, 0) is 0 Å². The zero-order valence-corrected chi connectivity index (χ0v) is 43.6. The van der Waals surface area contributed by atoms with E-state index in [1.54, 1.807) is 93.6 Å². The number of nitrogens with one attached hydrogen (secondary N) is 9. The van der Waals surface area contributed by atoms with Gasteiger partial charge in [0.25, 0.3) is 17.7 Å². The maximum absolute atomic E-state index is 12.5. The highest BCUT2D eigenvalue weighted by atomic mass is 19.4. The van der Waals surface area contributed by atoms with Crippen molar-refractivity contribution in [2.75, 3.05) is 35.6 Å². The Labute approximate surface area is 453 Å². The molecule has 0 saturated heterocycles. The highest BCUT2D eigenvalue weighted by Gasteiger charge is 2.33. The van der Waals surface area contributed by atoms with Crippen molar-refractivity contribution in [3.8, 4) is 33.8 Å². The molecular weight excluding hydrogens is 1080 g/mol. The van der Waals surface area contributed by atoms with Crippen molar-refractivity contribution < 1.29 is 53.9 Å². The number of H-pyrrole nitrogens is 3.